The molecule has 0 spiro atoms. The molecule has 6 nitrogen and oxygen atoms in total. The first-order chi connectivity index (χ1) is 10.4. The van der Waals surface area contributed by atoms with E-state index in [1.165, 1.54) is 7.11 Å². The molecule has 0 unspecified atom stereocenters. The van der Waals surface area contributed by atoms with Gasteiger partial charge in [-0.15, -0.1) is 0 Å². The molecule has 2 rings (SSSR count). The fraction of sp³-hybridized carbons (Fsp3) is 0.500. The van der Waals surface area contributed by atoms with Gasteiger partial charge in [-0.05, 0) is 32.4 Å². The van der Waals surface area contributed by atoms with Crippen molar-refractivity contribution in [2.24, 2.45) is 5.41 Å². The highest BCUT2D eigenvalue weighted by Crippen LogP contribution is 2.38. The molecule has 1 aliphatic heterocycles. The van der Waals surface area contributed by atoms with E-state index in [2.05, 4.69) is 10.1 Å². The van der Waals surface area contributed by atoms with Gasteiger partial charge in [-0.2, -0.15) is 0 Å². The summed E-state index contributed by atoms with van der Waals surface area (Å²) in [4.78, 5) is 25.7. The molecular weight excluding hydrogens is 284 g/mol. The van der Waals surface area contributed by atoms with E-state index in [4.69, 9.17) is 4.74 Å². The first-order valence-corrected chi connectivity index (χ1v) is 7.33. The molecule has 0 atom stereocenters. The molecule has 0 saturated heterocycles. The molecule has 6 heteroatoms. The molecular formula is C16H22N2O4. The molecule has 120 valence electrons. The van der Waals surface area contributed by atoms with E-state index in [0.29, 0.717) is 24.6 Å². The largest absolute Gasteiger partial charge is 0.490 e. The van der Waals surface area contributed by atoms with E-state index in [9.17, 15) is 9.59 Å². The fourth-order valence-corrected chi connectivity index (χ4v) is 2.34. The number of carbonyl (C=O) groups excluding carboxylic acids is 2. The number of rotatable bonds is 3. The van der Waals surface area contributed by atoms with Crippen LogP contribution in [0.15, 0.2) is 18.2 Å². The quantitative estimate of drug-likeness (QED) is 0.932. The van der Waals surface area contributed by atoms with Crippen molar-refractivity contribution < 1.29 is 19.1 Å². The summed E-state index contributed by atoms with van der Waals surface area (Å²) >= 11 is 0. The highest BCUT2D eigenvalue weighted by molar-refractivity contribution is 5.99. The average molecular weight is 306 g/mol. The van der Waals surface area contributed by atoms with Gasteiger partial charge in [0.1, 0.15) is 12.4 Å². The minimum atomic E-state index is -0.593. The van der Waals surface area contributed by atoms with Crippen molar-refractivity contribution >= 4 is 23.4 Å². The fourth-order valence-electron chi connectivity index (χ4n) is 2.34. The molecule has 0 radical (unpaired) electrons. The monoisotopic (exact) mass is 306 g/mol. The Balaban J connectivity index is 2.39. The zero-order valence-electron chi connectivity index (χ0n) is 13.4. The molecule has 0 fully saturated rings. The minimum Gasteiger partial charge on any atom is -0.490 e. The number of amides is 2. The lowest BCUT2D eigenvalue weighted by atomic mass is 9.93. The van der Waals surface area contributed by atoms with Crippen LogP contribution in [0.1, 0.15) is 27.2 Å². The van der Waals surface area contributed by atoms with E-state index in [1.54, 1.807) is 23.1 Å². The molecule has 1 aromatic carbocycles. The molecule has 0 aromatic heterocycles. The maximum Gasteiger partial charge on any atom is 0.411 e. The first kappa shape index (κ1) is 16.1. The normalized spacial score (nSPS) is 16.4. The predicted octanol–water partition coefficient (Wildman–Crippen LogP) is 3.03. The van der Waals surface area contributed by atoms with Crippen LogP contribution in [-0.2, 0) is 9.53 Å². The van der Waals surface area contributed by atoms with Gasteiger partial charge in [0.25, 0.3) is 0 Å². The van der Waals surface area contributed by atoms with Crippen molar-refractivity contribution in [2.45, 2.75) is 27.2 Å². The van der Waals surface area contributed by atoms with Crippen molar-refractivity contribution in [1.29, 1.82) is 0 Å². The lowest BCUT2D eigenvalue weighted by molar-refractivity contribution is -0.127. The molecule has 0 saturated carbocycles. The van der Waals surface area contributed by atoms with Crippen LogP contribution in [0.25, 0.3) is 0 Å². The van der Waals surface area contributed by atoms with E-state index >= 15 is 0 Å². The summed E-state index contributed by atoms with van der Waals surface area (Å²) in [6.07, 6.45) is 0.305. The Morgan fingerprint density at radius 2 is 2.18 bits per heavy atom. The number of methoxy groups -OCH3 is 1. The molecule has 1 heterocycles. The van der Waals surface area contributed by atoms with Crippen LogP contribution in [-0.4, -0.2) is 32.3 Å². The number of benzene rings is 1. The Hall–Kier alpha value is -2.24. The third-order valence-electron chi connectivity index (χ3n) is 3.54. The van der Waals surface area contributed by atoms with Crippen LogP contribution in [0.5, 0.6) is 5.75 Å². The Bertz CT molecular complexity index is 584. The number of hydrogen-bond donors (Lipinski definition) is 1. The zero-order valence-corrected chi connectivity index (χ0v) is 13.4. The van der Waals surface area contributed by atoms with Gasteiger partial charge in [0.15, 0.2) is 0 Å². The maximum absolute atomic E-state index is 12.7. The summed E-state index contributed by atoms with van der Waals surface area (Å²) < 4.78 is 10.4. The van der Waals surface area contributed by atoms with E-state index in [-0.39, 0.29) is 5.91 Å². The smallest absolute Gasteiger partial charge is 0.411 e. The van der Waals surface area contributed by atoms with Crippen molar-refractivity contribution in [1.82, 2.24) is 0 Å². The predicted molar refractivity (Wildman–Crippen MR) is 84.4 cm³/mol. The van der Waals surface area contributed by atoms with Gasteiger partial charge < -0.3 is 14.4 Å². The molecule has 2 amide bonds. The van der Waals surface area contributed by atoms with Crippen LogP contribution >= 0.6 is 0 Å². The summed E-state index contributed by atoms with van der Waals surface area (Å²) in [5, 5.41) is 2.60. The van der Waals surface area contributed by atoms with Gasteiger partial charge >= 0.3 is 6.09 Å². The van der Waals surface area contributed by atoms with Gasteiger partial charge in [0.05, 0.1) is 18.2 Å². The standard InChI is InChI=1S/C16H22N2O4/c1-5-8-18-12-7-6-11(17-15(20)21-4)9-13(12)22-10-16(2,3)14(18)19/h6-7,9H,5,8,10H2,1-4H3,(H,17,20). The van der Waals surface area contributed by atoms with E-state index in [0.717, 1.165) is 12.1 Å². The average Bonchev–Trinajstić information content (AvgIpc) is 2.58. The van der Waals surface area contributed by atoms with Gasteiger partial charge in [-0.25, -0.2) is 4.79 Å². The SMILES string of the molecule is CCCN1C(=O)C(C)(C)COc2cc(NC(=O)OC)ccc21. The number of fused-ring (bicyclic) bond motifs is 1. The third kappa shape index (κ3) is 3.16. The molecule has 22 heavy (non-hydrogen) atoms. The van der Waals surface area contributed by atoms with Crippen LogP contribution < -0.4 is 15.0 Å². The summed E-state index contributed by atoms with van der Waals surface area (Å²) in [7, 11) is 1.31. The Kier molecular flexibility index (Phi) is 4.59. The van der Waals surface area contributed by atoms with E-state index in [1.807, 2.05) is 20.8 Å². The third-order valence-corrected chi connectivity index (χ3v) is 3.54. The first-order valence-electron chi connectivity index (χ1n) is 7.33. The number of nitrogens with zero attached hydrogens (tertiary/aromatic N) is 1. The maximum atomic E-state index is 12.7. The van der Waals surface area contributed by atoms with Crippen LogP contribution in [0.2, 0.25) is 0 Å². The molecule has 0 bridgehead atoms. The zero-order chi connectivity index (χ0) is 16.3. The lowest BCUT2D eigenvalue weighted by Crippen LogP contribution is -2.42. The highest BCUT2D eigenvalue weighted by Gasteiger charge is 2.37. The van der Waals surface area contributed by atoms with Crippen molar-refractivity contribution in [3.05, 3.63) is 18.2 Å². The van der Waals surface area contributed by atoms with Crippen molar-refractivity contribution in [3.8, 4) is 5.75 Å². The molecule has 1 aliphatic rings. The summed E-state index contributed by atoms with van der Waals surface area (Å²) in [5.74, 6) is 0.628. The molecule has 1 aromatic rings. The van der Waals surface area contributed by atoms with Crippen molar-refractivity contribution in [3.63, 3.8) is 0 Å². The van der Waals surface area contributed by atoms with E-state index < -0.39 is 11.5 Å². The van der Waals surface area contributed by atoms with Gasteiger partial charge in [0.2, 0.25) is 5.91 Å². The number of hydrogen-bond acceptors (Lipinski definition) is 4. The molecule has 1 N–H and O–H groups in total. The van der Waals surface area contributed by atoms with Crippen LogP contribution in [0.4, 0.5) is 16.2 Å². The number of nitrogens with one attached hydrogen (secondary N) is 1. The Labute approximate surface area is 130 Å². The highest BCUT2D eigenvalue weighted by atomic mass is 16.5. The Morgan fingerprint density at radius 1 is 1.45 bits per heavy atom. The summed E-state index contributed by atoms with van der Waals surface area (Å²) in [6.45, 7) is 6.69. The summed E-state index contributed by atoms with van der Waals surface area (Å²) in [6, 6.07) is 5.23. The van der Waals surface area contributed by atoms with Crippen molar-refractivity contribution in [2.75, 3.05) is 30.5 Å². The number of anilines is 2. The number of carbonyl (C=O) groups is 2. The van der Waals surface area contributed by atoms with Crippen LogP contribution in [0, 0.1) is 5.41 Å². The second-order valence-electron chi connectivity index (χ2n) is 5.93. The summed E-state index contributed by atoms with van der Waals surface area (Å²) in [5.41, 5.74) is 0.700. The lowest BCUT2D eigenvalue weighted by Gasteiger charge is -2.27. The van der Waals surface area contributed by atoms with Crippen LogP contribution in [0.3, 0.4) is 0 Å². The minimum absolute atomic E-state index is 0.0433. The topological polar surface area (TPSA) is 67.9 Å². The second kappa shape index (κ2) is 6.25. The molecule has 0 aliphatic carbocycles. The van der Waals surface area contributed by atoms with Gasteiger partial charge in [-0.3, -0.25) is 10.1 Å². The Morgan fingerprint density at radius 3 is 2.82 bits per heavy atom. The second-order valence-corrected chi connectivity index (χ2v) is 5.93. The van der Waals surface area contributed by atoms with Gasteiger partial charge in [0, 0.05) is 18.3 Å². The number of ether oxygens (including phenoxy) is 2. The van der Waals surface area contributed by atoms with Gasteiger partial charge in [-0.1, -0.05) is 6.92 Å².